The van der Waals surface area contributed by atoms with E-state index in [-0.39, 0.29) is 24.3 Å². The predicted molar refractivity (Wildman–Crippen MR) is 86.9 cm³/mol. The number of methoxy groups -OCH3 is 1. The third kappa shape index (κ3) is 3.48. The average molecular weight is 374 g/mol. The summed E-state index contributed by atoms with van der Waals surface area (Å²) in [6.45, 7) is 0.771. The molecule has 3 saturated heterocycles. The Morgan fingerprint density at radius 2 is 1.80 bits per heavy atom. The van der Waals surface area contributed by atoms with Gasteiger partial charge in [-0.3, -0.25) is 4.79 Å². The van der Waals surface area contributed by atoms with Crippen LogP contribution in [0.2, 0.25) is 0 Å². The number of halogens is 2. The van der Waals surface area contributed by atoms with Gasteiger partial charge in [-0.1, -0.05) is 0 Å². The molecule has 0 spiro atoms. The lowest BCUT2D eigenvalue weighted by atomic mass is 9.94. The number of sulfonamides is 1. The fourth-order valence-electron chi connectivity index (χ4n) is 3.57. The first-order valence-corrected chi connectivity index (χ1v) is 9.84. The number of carbonyl (C=O) groups is 1. The highest BCUT2D eigenvalue weighted by atomic mass is 32.2. The van der Waals surface area contributed by atoms with Crippen LogP contribution in [0.15, 0.2) is 12.1 Å². The number of piperidine rings is 1. The molecular weight excluding hydrogens is 354 g/mol. The molecule has 9 heteroatoms. The highest BCUT2D eigenvalue weighted by molar-refractivity contribution is 7.88. The Labute approximate surface area is 145 Å². The van der Waals surface area contributed by atoms with Crippen molar-refractivity contribution in [1.29, 1.82) is 0 Å². The first kappa shape index (κ1) is 18.1. The van der Waals surface area contributed by atoms with E-state index < -0.39 is 33.1 Å². The molecule has 0 N–H and O–H groups in total. The van der Waals surface area contributed by atoms with Crippen molar-refractivity contribution in [3.63, 3.8) is 0 Å². The van der Waals surface area contributed by atoms with E-state index in [1.165, 1.54) is 16.3 Å². The van der Waals surface area contributed by atoms with Gasteiger partial charge in [0.1, 0.15) is 22.9 Å². The fraction of sp³-hybridized carbons (Fsp3) is 0.562. The van der Waals surface area contributed by atoms with Gasteiger partial charge >= 0.3 is 0 Å². The Morgan fingerprint density at radius 3 is 2.36 bits per heavy atom. The summed E-state index contributed by atoms with van der Waals surface area (Å²) in [6, 6.07) is 1.55. The number of carbonyl (C=O) groups excluding carboxylic acids is 1. The molecule has 3 heterocycles. The van der Waals surface area contributed by atoms with Crippen LogP contribution < -0.4 is 4.74 Å². The predicted octanol–water partition coefficient (Wildman–Crippen LogP) is 1.47. The molecule has 0 aromatic heterocycles. The highest BCUT2D eigenvalue weighted by Gasteiger charge is 2.41. The number of hydrogen-bond donors (Lipinski definition) is 0. The van der Waals surface area contributed by atoms with Gasteiger partial charge in [0.05, 0.1) is 13.4 Å². The Balaban J connectivity index is 1.91. The van der Waals surface area contributed by atoms with E-state index in [4.69, 9.17) is 4.74 Å². The van der Waals surface area contributed by atoms with Crippen molar-refractivity contribution in [2.45, 2.75) is 18.9 Å². The van der Waals surface area contributed by atoms with Gasteiger partial charge in [-0.05, 0) is 18.8 Å². The first-order chi connectivity index (χ1) is 11.7. The third-order valence-electron chi connectivity index (χ3n) is 4.88. The van der Waals surface area contributed by atoms with Crippen molar-refractivity contribution in [1.82, 2.24) is 9.21 Å². The van der Waals surface area contributed by atoms with Gasteiger partial charge < -0.3 is 9.64 Å². The minimum atomic E-state index is -3.38. The van der Waals surface area contributed by atoms with Crippen molar-refractivity contribution < 1.29 is 26.7 Å². The van der Waals surface area contributed by atoms with Gasteiger partial charge in [0, 0.05) is 37.8 Å². The number of ether oxygens (including phenoxy) is 1. The Hall–Kier alpha value is -1.74. The maximum absolute atomic E-state index is 14.2. The van der Waals surface area contributed by atoms with Crippen molar-refractivity contribution in [2.24, 2.45) is 5.92 Å². The van der Waals surface area contributed by atoms with Gasteiger partial charge in [-0.2, -0.15) is 4.31 Å². The molecular formula is C16H20F2N2O4S. The maximum Gasteiger partial charge on any atom is 0.260 e. The zero-order valence-electron chi connectivity index (χ0n) is 14.0. The summed E-state index contributed by atoms with van der Waals surface area (Å²) in [5.74, 6) is -2.76. The van der Waals surface area contributed by atoms with Gasteiger partial charge in [0.15, 0.2) is 0 Å². The minimum absolute atomic E-state index is 0.00723. The van der Waals surface area contributed by atoms with Crippen molar-refractivity contribution in [3.8, 4) is 5.75 Å². The molecule has 0 saturated carbocycles. The van der Waals surface area contributed by atoms with E-state index >= 15 is 0 Å². The van der Waals surface area contributed by atoms with Crippen LogP contribution in [0.25, 0.3) is 0 Å². The van der Waals surface area contributed by atoms with Crippen LogP contribution in [-0.4, -0.2) is 62.6 Å². The van der Waals surface area contributed by atoms with E-state index in [0.717, 1.165) is 24.8 Å². The summed E-state index contributed by atoms with van der Waals surface area (Å²) in [7, 11) is -2.10. The minimum Gasteiger partial charge on any atom is -0.497 e. The second-order valence-corrected chi connectivity index (χ2v) is 8.58. The topological polar surface area (TPSA) is 66.9 Å². The number of hydrogen-bond acceptors (Lipinski definition) is 4. The zero-order valence-corrected chi connectivity index (χ0v) is 14.9. The Bertz CT molecular complexity index is 776. The fourth-order valence-corrected chi connectivity index (χ4v) is 4.50. The number of fused-ring (bicyclic) bond motifs is 4. The molecule has 0 aliphatic carbocycles. The summed E-state index contributed by atoms with van der Waals surface area (Å²) < 4.78 is 58.4. The van der Waals surface area contributed by atoms with Gasteiger partial charge in [-0.25, -0.2) is 17.2 Å². The second-order valence-electron chi connectivity index (χ2n) is 6.60. The first-order valence-electron chi connectivity index (χ1n) is 8.00. The Morgan fingerprint density at radius 1 is 1.16 bits per heavy atom. The maximum atomic E-state index is 14.2. The van der Waals surface area contributed by atoms with Crippen LogP contribution in [0.4, 0.5) is 8.78 Å². The lowest BCUT2D eigenvalue weighted by Crippen LogP contribution is -2.48. The number of nitrogens with zero attached hydrogens (tertiary/aromatic N) is 2. The van der Waals surface area contributed by atoms with E-state index in [1.807, 2.05) is 0 Å². The van der Waals surface area contributed by atoms with Crippen LogP contribution >= 0.6 is 0 Å². The standard InChI is InChI=1S/C16H20F2N2O4S/c1-24-12-5-13(17)15(14(18)6-12)16(21)20-8-10-3-4-11(20)9-19(7-10)25(2,22)23/h5-6,10-11H,3-4,7-9H2,1-2H3/t10-,11+/m1/s1. The van der Waals surface area contributed by atoms with Crippen LogP contribution in [-0.2, 0) is 10.0 Å². The van der Waals surface area contributed by atoms with E-state index in [9.17, 15) is 22.0 Å². The third-order valence-corrected chi connectivity index (χ3v) is 6.11. The SMILES string of the molecule is COc1cc(F)c(C(=O)N2C[C@@H]3CC[C@H]2CN(S(C)(=O)=O)C3)c(F)c1. The van der Waals surface area contributed by atoms with Gasteiger partial charge in [0.25, 0.3) is 5.91 Å². The number of benzene rings is 1. The molecule has 3 aliphatic heterocycles. The van der Waals surface area contributed by atoms with E-state index in [0.29, 0.717) is 19.5 Å². The van der Waals surface area contributed by atoms with Gasteiger partial charge in [0.2, 0.25) is 10.0 Å². The largest absolute Gasteiger partial charge is 0.497 e. The molecule has 1 aromatic rings. The molecule has 138 valence electrons. The normalized spacial score (nSPS) is 24.2. The van der Waals surface area contributed by atoms with Crippen LogP contribution in [0.1, 0.15) is 23.2 Å². The van der Waals surface area contributed by atoms with Crippen molar-refractivity contribution in [2.75, 3.05) is 33.0 Å². The lowest BCUT2D eigenvalue weighted by Gasteiger charge is -2.36. The second kappa shape index (κ2) is 6.53. The molecule has 2 bridgehead atoms. The zero-order chi connectivity index (χ0) is 18.4. The van der Waals surface area contributed by atoms with Crippen LogP contribution in [0, 0.1) is 17.6 Å². The monoisotopic (exact) mass is 374 g/mol. The quantitative estimate of drug-likeness (QED) is 0.804. The highest BCUT2D eigenvalue weighted by Crippen LogP contribution is 2.31. The number of rotatable bonds is 3. The van der Waals surface area contributed by atoms with Crippen LogP contribution in [0.5, 0.6) is 5.75 Å². The van der Waals surface area contributed by atoms with E-state index in [2.05, 4.69) is 0 Å². The summed E-state index contributed by atoms with van der Waals surface area (Å²) in [6.07, 6.45) is 2.53. The van der Waals surface area contributed by atoms with Crippen molar-refractivity contribution in [3.05, 3.63) is 29.3 Å². The molecule has 6 nitrogen and oxygen atoms in total. The van der Waals surface area contributed by atoms with E-state index in [1.54, 1.807) is 0 Å². The molecule has 25 heavy (non-hydrogen) atoms. The van der Waals surface area contributed by atoms with Gasteiger partial charge in [-0.15, -0.1) is 0 Å². The summed E-state index contributed by atoms with van der Waals surface area (Å²) >= 11 is 0. The molecule has 0 radical (unpaired) electrons. The molecule has 1 aromatic carbocycles. The molecule has 3 fully saturated rings. The molecule has 2 atom stereocenters. The average Bonchev–Trinajstić information content (AvgIpc) is 2.85. The molecule has 4 rings (SSSR count). The van der Waals surface area contributed by atoms with Crippen molar-refractivity contribution >= 4 is 15.9 Å². The summed E-state index contributed by atoms with van der Waals surface area (Å²) in [5.41, 5.74) is -0.626. The smallest absolute Gasteiger partial charge is 0.260 e. The number of amides is 1. The Kier molecular flexibility index (Phi) is 4.72. The molecule has 3 aliphatic rings. The molecule has 0 unspecified atom stereocenters. The van der Waals surface area contributed by atoms with Crippen LogP contribution in [0.3, 0.4) is 0 Å². The summed E-state index contributed by atoms with van der Waals surface area (Å²) in [5, 5.41) is 0. The molecule has 1 amide bonds. The lowest BCUT2D eigenvalue weighted by molar-refractivity contribution is 0.0578. The summed E-state index contributed by atoms with van der Waals surface area (Å²) in [4.78, 5) is 14.2.